The molecular formula is C29H32N2O2S. The van der Waals surface area contributed by atoms with Crippen LogP contribution in [0.1, 0.15) is 37.0 Å². The van der Waals surface area contributed by atoms with Crippen LogP contribution in [0.2, 0.25) is 0 Å². The van der Waals surface area contributed by atoms with Crippen LogP contribution in [0.3, 0.4) is 0 Å². The van der Waals surface area contributed by atoms with Gasteiger partial charge < -0.3 is 10.2 Å². The molecular weight excluding hydrogens is 440 g/mol. The van der Waals surface area contributed by atoms with Gasteiger partial charge in [0.2, 0.25) is 11.8 Å². The SMILES string of the molecule is Cc1ccc(CN2C(=O)[C@H]([C@H](C)C(=O)N[C@@H](C)CCc3ccccc3)Sc3ccccc32)cc1. The van der Waals surface area contributed by atoms with Crippen molar-refractivity contribution < 1.29 is 9.59 Å². The lowest BCUT2D eigenvalue weighted by atomic mass is 10.0. The number of carbonyl (C=O) groups is 2. The quantitative estimate of drug-likeness (QED) is 0.452. The van der Waals surface area contributed by atoms with Gasteiger partial charge in [-0.1, -0.05) is 79.2 Å². The van der Waals surface area contributed by atoms with Crippen molar-refractivity contribution in [1.29, 1.82) is 0 Å². The predicted octanol–water partition coefficient (Wildman–Crippen LogP) is 5.78. The number of anilines is 1. The summed E-state index contributed by atoms with van der Waals surface area (Å²) in [5.41, 5.74) is 4.44. The van der Waals surface area contributed by atoms with Crippen LogP contribution in [-0.4, -0.2) is 23.1 Å². The predicted molar refractivity (Wildman–Crippen MR) is 140 cm³/mol. The average Bonchev–Trinajstić information content (AvgIpc) is 2.85. The number of hydrogen-bond donors (Lipinski definition) is 1. The van der Waals surface area contributed by atoms with Crippen molar-refractivity contribution in [3.63, 3.8) is 0 Å². The minimum absolute atomic E-state index is 0.0103. The molecule has 0 spiro atoms. The van der Waals surface area contributed by atoms with Gasteiger partial charge in [-0.3, -0.25) is 9.59 Å². The van der Waals surface area contributed by atoms with Gasteiger partial charge in [-0.2, -0.15) is 0 Å². The second-order valence-electron chi connectivity index (χ2n) is 9.14. The molecule has 176 valence electrons. The van der Waals surface area contributed by atoms with Crippen molar-refractivity contribution in [3.05, 3.63) is 95.6 Å². The summed E-state index contributed by atoms with van der Waals surface area (Å²) in [6.07, 6.45) is 1.77. The zero-order valence-electron chi connectivity index (χ0n) is 20.0. The minimum Gasteiger partial charge on any atom is -0.353 e. The monoisotopic (exact) mass is 472 g/mol. The first-order chi connectivity index (χ1) is 16.4. The van der Waals surface area contributed by atoms with E-state index in [2.05, 4.69) is 48.6 Å². The Morgan fingerprint density at radius 3 is 2.35 bits per heavy atom. The highest BCUT2D eigenvalue weighted by Crippen LogP contribution is 2.42. The van der Waals surface area contributed by atoms with Crippen LogP contribution >= 0.6 is 11.8 Å². The van der Waals surface area contributed by atoms with Gasteiger partial charge in [0.25, 0.3) is 0 Å². The van der Waals surface area contributed by atoms with E-state index in [0.29, 0.717) is 6.54 Å². The van der Waals surface area contributed by atoms with Gasteiger partial charge in [-0.05, 0) is 49.9 Å². The molecule has 3 atom stereocenters. The molecule has 1 aliphatic rings. The zero-order valence-corrected chi connectivity index (χ0v) is 20.8. The first-order valence-corrected chi connectivity index (χ1v) is 12.8. The molecule has 0 bridgehead atoms. The molecule has 0 aromatic heterocycles. The maximum absolute atomic E-state index is 13.6. The Balaban J connectivity index is 1.45. The molecule has 1 N–H and O–H groups in total. The van der Waals surface area contributed by atoms with E-state index in [1.54, 1.807) is 0 Å². The number of nitrogens with zero attached hydrogens (tertiary/aromatic N) is 1. The first-order valence-electron chi connectivity index (χ1n) is 11.9. The van der Waals surface area contributed by atoms with Crippen molar-refractivity contribution in [3.8, 4) is 0 Å². The first kappa shape index (κ1) is 24.1. The third kappa shape index (κ3) is 5.71. The summed E-state index contributed by atoms with van der Waals surface area (Å²) in [5.74, 6) is -0.518. The number of hydrogen-bond acceptors (Lipinski definition) is 3. The number of rotatable bonds is 8. The summed E-state index contributed by atoms with van der Waals surface area (Å²) in [5, 5.41) is 2.68. The average molecular weight is 473 g/mol. The molecule has 3 aromatic rings. The summed E-state index contributed by atoms with van der Waals surface area (Å²) in [6.45, 7) is 6.45. The fourth-order valence-corrected chi connectivity index (χ4v) is 5.49. The topological polar surface area (TPSA) is 49.4 Å². The Hall–Kier alpha value is -3.05. The van der Waals surface area contributed by atoms with Crippen LogP contribution in [0.5, 0.6) is 0 Å². The van der Waals surface area contributed by atoms with Crippen LogP contribution in [0, 0.1) is 12.8 Å². The van der Waals surface area contributed by atoms with Gasteiger partial charge >= 0.3 is 0 Å². The maximum atomic E-state index is 13.6. The highest BCUT2D eigenvalue weighted by atomic mass is 32.2. The number of aryl methyl sites for hydroxylation is 2. The summed E-state index contributed by atoms with van der Waals surface area (Å²) < 4.78 is 0. The van der Waals surface area contributed by atoms with E-state index >= 15 is 0 Å². The zero-order chi connectivity index (χ0) is 24.1. The van der Waals surface area contributed by atoms with E-state index in [9.17, 15) is 9.59 Å². The third-order valence-corrected chi connectivity index (χ3v) is 7.81. The Morgan fingerprint density at radius 2 is 1.62 bits per heavy atom. The molecule has 1 heterocycles. The van der Waals surface area contributed by atoms with Gasteiger partial charge in [0.15, 0.2) is 0 Å². The second kappa shape index (κ2) is 10.9. The highest BCUT2D eigenvalue weighted by Gasteiger charge is 2.39. The number of fused-ring (bicyclic) bond motifs is 1. The molecule has 5 heteroatoms. The number of carbonyl (C=O) groups excluding carboxylic acids is 2. The summed E-state index contributed by atoms with van der Waals surface area (Å²) >= 11 is 1.50. The molecule has 0 aliphatic carbocycles. The number of para-hydroxylation sites is 1. The summed E-state index contributed by atoms with van der Waals surface area (Å²) in [6, 6.07) is 26.5. The molecule has 4 nitrogen and oxygen atoms in total. The van der Waals surface area contributed by atoms with Gasteiger partial charge in [0.1, 0.15) is 5.25 Å². The molecule has 0 unspecified atom stereocenters. The van der Waals surface area contributed by atoms with Crippen molar-refractivity contribution in [2.24, 2.45) is 5.92 Å². The molecule has 0 saturated heterocycles. The minimum atomic E-state index is -0.457. The molecule has 4 rings (SSSR count). The Labute approximate surface area is 206 Å². The fraction of sp³-hybridized carbons (Fsp3) is 0.310. The van der Waals surface area contributed by atoms with Gasteiger partial charge in [0.05, 0.1) is 18.2 Å². The van der Waals surface area contributed by atoms with Crippen LogP contribution in [0.4, 0.5) is 5.69 Å². The molecule has 0 fully saturated rings. The normalized spacial score (nSPS) is 17.1. The maximum Gasteiger partial charge on any atom is 0.241 e. The smallest absolute Gasteiger partial charge is 0.241 e. The van der Waals surface area contributed by atoms with E-state index in [-0.39, 0.29) is 17.9 Å². The molecule has 34 heavy (non-hydrogen) atoms. The van der Waals surface area contributed by atoms with Crippen molar-refractivity contribution in [2.45, 2.75) is 56.3 Å². The van der Waals surface area contributed by atoms with Crippen molar-refractivity contribution in [1.82, 2.24) is 5.32 Å². The number of thioether (sulfide) groups is 1. The van der Waals surface area contributed by atoms with Crippen molar-refractivity contribution >= 4 is 29.3 Å². The van der Waals surface area contributed by atoms with Gasteiger partial charge in [0, 0.05) is 10.9 Å². The lowest BCUT2D eigenvalue weighted by Crippen LogP contribution is -2.48. The largest absolute Gasteiger partial charge is 0.353 e. The van der Waals surface area contributed by atoms with Crippen LogP contribution < -0.4 is 10.2 Å². The van der Waals surface area contributed by atoms with Gasteiger partial charge in [-0.15, -0.1) is 11.8 Å². The van der Waals surface area contributed by atoms with Crippen LogP contribution in [0.15, 0.2) is 83.8 Å². The fourth-order valence-electron chi connectivity index (χ4n) is 4.21. The Kier molecular flexibility index (Phi) is 7.73. The van der Waals surface area contributed by atoms with Crippen molar-refractivity contribution in [2.75, 3.05) is 4.90 Å². The van der Waals surface area contributed by atoms with E-state index in [0.717, 1.165) is 29.0 Å². The molecule has 1 aliphatic heterocycles. The lowest BCUT2D eigenvalue weighted by molar-refractivity contribution is -0.128. The van der Waals surface area contributed by atoms with Crippen LogP contribution in [0.25, 0.3) is 0 Å². The lowest BCUT2D eigenvalue weighted by Gasteiger charge is -2.36. The van der Waals surface area contributed by atoms with Gasteiger partial charge in [-0.25, -0.2) is 0 Å². The summed E-state index contributed by atoms with van der Waals surface area (Å²) in [7, 11) is 0. The van der Waals surface area contributed by atoms with E-state index in [1.165, 1.54) is 22.9 Å². The third-order valence-electron chi connectivity index (χ3n) is 6.35. The number of benzene rings is 3. The molecule has 2 amide bonds. The number of amides is 2. The molecule has 3 aromatic carbocycles. The van der Waals surface area contributed by atoms with E-state index in [4.69, 9.17) is 0 Å². The molecule has 0 saturated carbocycles. The van der Waals surface area contributed by atoms with E-state index in [1.807, 2.05) is 61.2 Å². The van der Waals surface area contributed by atoms with Crippen LogP contribution in [-0.2, 0) is 22.6 Å². The molecule has 0 radical (unpaired) electrons. The number of nitrogens with one attached hydrogen (secondary N) is 1. The Bertz CT molecular complexity index is 1130. The standard InChI is InChI=1S/C29H32N2O2S/c1-20-13-16-24(17-14-20)19-31-25-11-7-8-12-26(25)34-27(29(31)33)22(3)28(32)30-21(2)15-18-23-9-5-4-6-10-23/h4-14,16-17,21-22,27H,15,18-19H2,1-3H3,(H,30,32)/t21-,22-,27-/m0/s1. The van der Waals surface area contributed by atoms with E-state index < -0.39 is 11.2 Å². The second-order valence-corrected chi connectivity index (χ2v) is 10.3. The highest BCUT2D eigenvalue weighted by molar-refractivity contribution is 8.01. The summed E-state index contributed by atoms with van der Waals surface area (Å²) in [4.78, 5) is 29.6. The Morgan fingerprint density at radius 1 is 0.941 bits per heavy atom.